The van der Waals surface area contributed by atoms with Gasteiger partial charge in [-0.15, -0.1) is 11.3 Å². The van der Waals surface area contributed by atoms with Gasteiger partial charge in [-0.1, -0.05) is 62.4 Å². The third-order valence-corrected chi connectivity index (χ3v) is 6.22. The second kappa shape index (κ2) is 6.43. The van der Waals surface area contributed by atoms with Gasteiger partial charge < -0.3 is 0 Å². The van der Waals surface area contributed by atoms with E-state index >= 15 is 0 Å². The fraction of sp³-hybridized carbons (Fsp3) is 0.167. The van der Waals surface area contributed by atoms with Crippen molar-refractivity contribution in [3.63, 3.8) is 0 Å². The van der Waals surface area contributed by atoms with E-state index in [1.165, 1.54) is 31.3 Å². The Morgan fingerprint density at radius 2 is 1.70 bits per heavy atom. The van der Waals surface area contributed by atoms with Gasteiger partial charge in [-0.2, -0.15) is 0 Å². The predicted molar refractivity (Wildman–Crippen MR) is 116 cm³/mol. The predicted octanol–water partition coefficient (Wildman–Crippen LogP) is 6.86. The van der Waals surface area contributed by atoms with E-state index in [-0.39, 0.29) is 0 Å². The van der Waals surface area contributed by atoms with Gasteiger partial charge in [-0.05, 0) is 30.0 Å². The van der Waals surface area contributed by atoms with Gasteiger partial charge in [0.15, 0.2) is 0 Å². The van der Waals surface area contributed by atoms with Crippen molar-refractivity contribution in [1.29, 1.82) is 0 Å². The molecule has 0 aliphatic rings. The van der Waals surface area contributed by atoms with Gasteiger partial charge in [0.25, 0.3) is 0 Å². The summed E-state index contributed by atoms with van der Waals surface area (Å²) in [5.74, 6) is 0.635. The first-order valence-electron chi connectivity index (χ1n) is 9.35. The van der Waals surface area contributed by atoms with Crippen molar-refractivity contribution in [1.82, 2.24) is 9.97 Å². The number of nitrogens with zero attached hydrogens (tertiary/aromatic N) is 2. The van der Waals surface area contributed by atoms with Crippen LogP contribution >= 0.6 is 11.3 Å². The van der Waals surface area contributed by atoms with Crippen molar-refractivity contribution in [2.24, 2.45) is 5.92 Å². The molecule has 0 N–H and O–H groups in total. The van der Waals surface area contributed by atoms with Crippen LogP contribution in [-0.4, -0.2) is 9.97 Å². The number of thiophene rings is 1. The van der Waals surface area contributed by atoms with Crippen LogP contribution in [0.2, 0.25) is 0 Å². The van der Waals surface area contributed by atoms with Gasteiger partial charge in [-0.25, -0.2) is 9.97 Å². The Balaban J connectivity index is 1.76. The normalized spacial score (nSPS) is 11.8. The zero-order valence-corrected chi connectivity index (χ0v) is 16.3. The van der Waals surface area contributed by atoms with Crippen molar-refractivity contribution in [2.75, 3.05) is 0 Å². The maximum atomic E-state index is 4.68. The summed E-state index contributed by atoms with van der Waals surface area (Å²) in [4.78, 5) is 9.23. The molecule has 2 nitrogen and oxygen atoms in total. The third kappa shape index (κ3) is 2.79. The maximum absolute atomic E-state index is 4.68. The van der Waals surface area contributed by atoms with E-state index in [4.69, 9.17) is 0 Å². The molecule has 0 aliphatic carbocycles. The molecule has 2 heterocycles. The molecule has 0 amide bonds. The van der Waals surface area contributed by atoms with Crippen molar-refractivity contribution in [3.8, 4) is 11.3 Å². The minimum absolute atomic E-state index is 0.635. The molecule has 132 valence electrons. The van der Waals surface area contributed by atoms with Crippen LogP contribution < -0.4 is 0 Å². The molecule has 0 aliphatic heterocycles. The molecule has 27 heavy (non-hydrogen) atoms. The Bertz CT molecular complexity index is 1280. The molecule has 0 saturated heterocycles. The van der Waals surface area contributed by atoms with Crippen LogP contribution in [0.1, 0.15) is 19.4 Å². The van der Waals surface area contributed by atoms with Gasteiger partial charge in [0.1, 0.15) is 6.33 Å². The van der Waals surface area contributed by atoms with E-state index in [0.717, 1.165) is 23.0 Å². The second-order valence-corrected chi connectivity index (χ2v) is 8.50. The minimum atomic E-state index is 0.635. The lowest BCUT2D eigenvalue weighted by atomic mass is 9.99. The van der Waals surface area contributed by atoms with Gasteiger partial charge in [0, 0.05) is 31.1 Å². The van der Waals surface area contributed by atoms with E-state index in [0.29, 0.717) is 5.92 Å². The Morgan fingerprint density at radius 3 is 2.59 bits per heavy atom. The van der Waals surface area contributed by atoms with Crippen LogP contribution in [0, 0.1) is 5.92 Å². The van der Waals surface area contributed by atoms with E-state index in [1.807, 2.05) is 11.3 Å². The summed E-state index contributed by atoms with van der Waals surface area (Å²) >= 11 is 1.84. The lowest BCUT2D eigenvalue weighted by molar-refractivity contribution is 0.647. The fourth-order valence-corrected chi connectivity index (χ4v) is 5.07. The first-order valence-corrected chi connectivity index (χ1v) is 10.2. The van der Waals surface area contributed by atoms with Gasteiger partial charge >= 0.3 is 0 Å². The lowest BCUT2D eigenvalue weighted by Gasteiger charge is -2.09. The van der Waals surface area contributed by atoms with Crippen molar-refractivity contribution < 1.29 is 0 Å². The molecular formula is C24H20N2S. The highest BCUT2D eigenvalue weighted by Gasteiger charge is 2.14. The molecule has 2 aromatic heterocycles. The van der Waals surface area contributed by atoms with E-state index in [1.54, 1.807) is 6.33 Å². The highest BCUT2D eigenvalue weighted by Crippen LogP contribution is 2.40. The molecule has 0 radical (unpaired) electrons. The van der Waals surface area contributed by atoms with E-state index in [2.05, 4.69) is 84.5 Å². The van der Waals surface area contributed by atoms with Crippen LogP contribution in [0.15, 0.2) is 67.0 Å². The molecule has 0 spiro atoms. The first-order chi connectivity index (χ1) is 13.2. The average Bonchev–Trinajstić information content (AvgIpc) is 3.06. The van der Waals surface area contributed by atoms with Gasteiger partial charge in [0.05, 0.1) is 11.2 Å². The van der Waals surface area contributed by atoms with E-state index in [9.17, 15) is 0 Å². The summed E-state index contributed by atoms with van der Waals surface area (Å²) in [6.07, 6.45) is 2.77. The molecule has 0 bridgehead atoms. The third-order valence-electron chi connectivity index (χ3n) is 5.00. The largest absolute Gasteiger partial charge is 0.236 e. The van der Waals surface area contributed by atoms with Gasteiger partial charge in [-0.3, -0.25) is 0 Å². The molecule has 0 unspecified atom stereocenters. The molecular weight excluding hydrogens is 348 g/mol. The van der Waals surface area contributed by atoms with Crippen LogP contribution in [0.3, 0.4) is 0 Å². The Kier molecular flexibility index (Phi) is 3.91. The maximum Gasteiger partial charge on any atom is 0.116 e. The molecule has 0 saturated carbocycles. The second-order valence-electron chi connectivity index (χ2n) is 7.45. The van der Waals surface area contributed by atoms with Crippen molar-refractivity contribution in [2.45, 2.75) is 20.3 Å². The summed E-state index contributed by atoms with van der Waals surface area (Å²) < 4.78 is 2.61. The van der Waals surface area contributed by atoms with Crippen LogP contribution in [0.4, 0.5) is 0 Å². The zero-order chi connectivity index (χ0) is 18.4. The summed E-state index contributed by atoms with van der Waals surface area (Å²) in [5.41, 5.74) is 4.57. The number of hydrogen-bond donors (Lipinski definition) is 0. The number of aromatic nitrogens is 2. The number of fused-ring (bicyclic) bond motifs is 4. The smallest absolute Gasteiger partial charge is 0.116 e. The monoisotopic (exact) mass is 368 g/mol. The fourth-order valence-electron chi connectivity index (χ4n) is 3.85. The molecule has 5 rings (SSSR count). The highest BCUT2D eigenvalue weighted by molar-refractivity contribution is 7.26. The van der Waals surface area contributed by atoms with Crippen molar-refractivity contribution >= 4 is 42.4 Å². The Morgan fingerprint density at radius 1 is 0.852 bits per heavy atom. The molecule has 3 aromatic carbocycles. The van der Waals surface area contributed by atoms with Crippen LogP contribution in [0.25, 0.3) is 42.3 Å². The molecule has 3 heteroatoms. The van der Waals surface area contributed by atoms with Crippen molar-refractivity contribution in [3.05, 3.63) is 72.6 Å². The SMILES string of the molecule is CC(C)Cc1ccc2c(-c3cccc4c3sc3ccccc34)ncnc2c1. The molecule has 5 aromatic rings. The summed E-state index contributed by atoms with van der Waals surface area (Å²) in [7, 11) is 0. The first kappa shape index (κ1) is 16.4. The number of hydrogen-bond acceptors (Lipinski definition) is 3. The Hall–Kier alpha value is -2.78. The molecule has 0 fully saturated rings. The summed E-state index contributed by atoms with van der Waals surface area (Å²) in [6.45, 7) is 4.50. The summed E-state index contributed by atoms with van der Waals surface area (Å²) in [5, 5.41) is 3.74. The van der Waals surface area contributed by atoms with E-state index < -0.39 is 0 Å². The van der Waals surface area contributed by atoms with Crippen LogP contribution in [-0.2, 0) is 6.42 Å². The molecule has 0 atom stereocenters. The number of rotatable bonds is 3. The van der Waals surface area contributed by atoms with Crippen LogP contribution in [0.5, 0.6) is 0 Å². The Labute approximate surface area is 162 Å². The average molecular weight is 369 g/mol. The number of benzene rings is 3. The topological polar surface area (TPSA) is 25.8 Å². The quantitative estimate of drug-likeness (QED) is 0.347. The standard InChI is InChI=1S/C24H20N2S/c1-15(2)12-16-10-11-19-21(13-16)25-14-26-23(19)20-8-5-7-18-17-6-3-4-9-22(17)27-24(18)20/h3-11,13-15H,12H2,1-2H3. The minimum Gasteiger partial charge on any atom is -0.236 e. The summed E-state index contributed by atoms with van der Waals surface area (Å²) in [6, 6.07) is 21.8. The zero-order valence-electron chi connectivity index (χ0n) is 15.4. The lowest BCUT2D eigenvalue weighted by Crippen LogP contribution is -1.95. The van der Waals surface area contributed by atoms with Gasteiger partial charge in [0.2, 0.25) is 0 Å². The highest BCUT2D eigenvalue weighted by atomic mass is 32.1.